The highest BCUT2D eigenvalue weighted by Gasteiger charge is 2.23. The molecule has 1 aromatic heterocycles. The van der Waals surface area contributed by atoms with Crippen molar-refractivity contribution in [3.8, 4) is 6.07 Å². The average Bonchev–Trinajstić information content (AvgIpc) is 2.46. The lowest BCUT2D eigenvalue weighted by molar-refractivity contribution is -0.119. The van der Waals surface area contributed by atoms with Gasteiger partial charge in [0.1, 0.15) is 11.6 Å². The molecule has 2 rings (SSSR count). The molecular weight excluding hydrogens is 274 g/mol. The molecule has 1 aliphatic heterocycles. The van der Waals surface area contributed by atoms with Gasteiger partial charge < -0.3 is 10.2 Å². The Bertz CT molecular complexity index is 542. The lowest BCUT2D eigenvalue weighted by atomic mass is 10.1. The summed E-state index contributed by atoms with van der Waals surface area (Å²) in [6, 6.07) is 2.25. The van der Waals surface area contributed by atoms with E-state index in [0.29, 0.717) is 23.1 Å². The van der Waals surface area contributed by atoms with Gasteiger partial charge in [-0.05, 0) is 19.1 Å². The summed E-state index contributed by atoms with van der Waals surface area (Å²) in [5.74, 6) is 0.645. The second-order valence-electron chi connectivity index (χ2n) is 4.69. The molecule has 1 amide bonds. The summed E-state index contributed by atoms with van der Waals surface area (Å²) in [5, 5.41) is 12.8. The third-order valence-corrected chi connectivity index (χ3v) is 3.74. The number of carbonyl (C=O) groups excluding carboxylic acids is 1. The lowest BCUT2D eigenvalue weighted by Gasteiger charge is -2.34. The van der Waals surface area contributed by atoms with Crippen molar-refractivity contribution in [2.24, 2.45) is 0 Å². The first-order valence-corrected chi connectivity index (χ1v) is 7.69. The molecule has 6 nitrogen and oxygen atoms in total. The number of amides is 1. The number of hydrogen-bond acceptors (Lipinski definition) is 6. The summed E-state index contributed by atoms with van der Waals surface area (Å²) in [6.07, 6.45) is 5.39. The number of aromatic nitrogens is 2. The molecule has 1 N–H and O–H groups in total. The molecular formula is C13H17N5OS. The van der Waals surface area contributed by atoms with Crippen molar-refractivity contribution >= 4 is 23.5 Å². The predicted molar refractivity (Wildman–Crippen MR) is 77.6 cm³/mol. The summed E-state index contributed by atoms with van der Waals surface area (Å²) in [4.78, 5) is 21.8. The molecule has 0 saturated carbocycles. The van der Waals surface area contributed by atoms with Crippen molar-refractivity contribution < 1.29 is 4.79 Å². The first-order chi connectivity index (χ1) is 9.63. The number of piperidine rings is 1. The van der Waals surface area contributed by atoms with E-state index in [1.807, 2.05) is 6.26 Å². The standard InChI is InChI=1S/C13H17N5OS/c1-9(19)16-11-4-3-5-18(8-11)12-10(6-14)7-15-13(17-12)20-2/h7,11H,3-5,8H2,1-2H3,(H,16,19). The van der Waals surface area contributed by atoms with Gasteiger partial charge in [0, 0.05) is 26.1 Å². The second-order valence-corrected chi connectivity index (χ2v) is 5.46. The zero-order valence-electron chi connectivity index (χ0n) is 11.6. The lowest BCUT2D eigenvalue weighted by Crippen LogP contribution is -2.47. The van der Waals surface area contributed by atoms with Gasteiger partial charge >= 0.3 is 0 Å². The van der Waals surface area contributed by atoms with E-state index in [9.17, 15) is 10.1 Å². The van der Waals surface area contributed by atoms with Crippen LogP contribution < -0.4 is 10.2 Å². The number of carbonyl (C=O) groups is 1. The predicted octanol–water partition coefficient (Wildman–Crippen LogP) is 1.18. The highest BCUT2D eigenvalue weighted by molar-refractivity contribution is 7.98. The molecule has 20 heavy (non-hydrogen) atoms. The molecule has 0 aromatic carbocycles. The number of nitriles is 1. The van der Waals surface area contributed by atoms with Crippen LogP contribution in [0.3, 0.4) is 0 Å². The van der Waals surface area contributed by atoms with Crippen LogP contribution >= 0.6 is 11.8 Å². The zero-order chi connectivity index (χ0) is 14.5. The van der Waals surface area contributed by atoms with E-state index < -0.39 is 0 Å². The van der Waals surface area contributed by atoms with Gasteiger partial charge in [0.15, 0.2) is 11.0 Å². The van der Waals surface area contributed by atoms with E-state index in [-0.39, 0.29) is 11.9 Å². The van der Waals surface area contributed by atoms with Crippen molar-refractivity contribution in [2.45, 2.75) is 31.0 Å². The molecule has 1 atom stereocenters. The number of hydrogen-bond donors (Lipinski definition) is 1. The Labute approximate surface area is 122 Å². The minimum Gasteiger partial charge on any atom is -0.353 e. The van der Waals surface area contributed by atoms with Crippen LogP contribution in [0.1, 0.15) is 25.3 Å². The highest BCUT2D eigenvalue weighted by atomic mass is 32.2. The summed E-state index contributed by atoms with van der Waals surface area (Å²) in [5.41, 5.74) is 0.478. The summed E-state index contributed by atoms with van der Waals surface area (Å²) < 4.78 is 0. The van der Waals surface area contributed by atoms with Crippen LogP contribution in [0.25, 0.3) is 0 Å². The number of rotatable bonds is 3. The quantitative estimate of drug-likeness (QED) is 0.665. The van der Waals surface area contributed by atoms with E-state index in [0.717, 1.165) is 19.4 Å². The minimum absolute atomic E-state index is 0.0233. The maximum Gasteiger partial charge on any atom is 0.217 e. The molecule has 0 radical (unpaired) electrons. The fourth-order valence-corrected chi connectivity index (χ4v) is 2.69. The molecule has 1 unspecified atom stereocenters. The highest BCUT2D eigenvalue weighted by Crippen LogP contribution is 2.23. The van der Waals surface area contributed by atoms with Crippen LogP contribution in [0, 0.1) is 11.3 Å². The molecule has 1 aliphatic rings. The molecule has 1 aromatic rings. The average molecular weight is 291 g/mol. The minimum atomic E-state index is -0.0233. The molecule has 7 heteroatoms. The zero-order valence-corrected chi connectivity index (χ0v) is 12.4. The monoisotopic (exact) mass is 291 g/mol. The Hall–Kier alpha value is -1.81. The van der Waals surface area contributed by atoms with Gasteiger partial charge in [-0.3, -0.25) is 4.79 Å². The Morgan fingerprint density at radius 1 is 1.65 bits per heavy atom. The maximum absolute atomic E-state index is 11.2. The van der Waals surface area contributed by atoms with Gasteiger partial charge in [-0.2, -0.15) is 5.26 Å². The van der Waals surface area contributed by atoms with E-state index in [1.165, 1.54) is 18.7 Å². The Kier molecular flexibility index (Phi) is 4.79. The van der Waals surface area contributed by atoms with Crippen molar-refractivity contribution in [2.75, 3.05) is 24.2 Å². The van der Waals surface area contributed by atoms with Crippen LogP contribution in [0.15, 0.2) is 11.4 Å². The Balaban J connectivity index is 2.21. The van der Waals surface area contributed by atoms with Gasteiger partial charge in [0.05, 0.1) is 6.20 Å². The van der Waals surface area contributed by atoms with Crippen molar-refractivity contribution in [1.82, 2.24) is 15.3 Å². The van der Waals surface area contributed by atoms with Crippen molar-refractivity contribution in [3.05, 3.63) is 11.8 Å². The number of anilines is 1. The smallest absolute Gasteiger partial charge is 0.217 e. The van der Waals surface area contributed by atoms with E-state index in [1.54, 1.807) is 6.20 Å². The summed E-state index contributed by atoms with van der Waals surface area (Å²) >= 11 is 1.45. The van der Waals surface area contributed by atoms with Crippen LogP contribution in [0.2, 0.25) is 0 Å². The number of thioether (sulfide) groups is 1. The molecule has 2 heterocycles. The first kappa shape index (κ1) is 14.6. The summed E-state index contributed by atoms with van der Waals surface area (Å²) in [6.45, 7) is 3.05. The number of nitrogens with zero attached hydrogens (tertiary/aromatic N) is 4. The normalized spacial score (nSPS) is 18.4. The van der Waals surface area contributed by atoms with E-state index >= 15 is 0 Å². The topological polar surface area (TPSA) is 81.9 Å². The third kappa shape index (κ3) is 3.39. The second kappa shape index (κ2) is 6.57. The van der Waals surface area contributed by atoms with Gasteiger partial charge in [-0.25, -0.2) is 9.97 Å². The van der Waals surface area contributed by atoms with Crippen molar-refractivity contribution in [1.29, 1.82) is 5.26 Å². The molecule has 1 fully saturated rings. The first-order valence-electron chi connectivity index (χ1n) is 6.47. The van der Waals surface area contributed by atoms with Crippen LogP contribution in [-0.4, -0.2) is 41.3 Å². The van der Waals surface area contributed by atoms with Gasteiger partial charge in [-0.1, -0.05) is 11.8 Å². The van der Waals surface area contributed by atoms with Crippen LogP contribution in [0.4, 0.5) is 5.82 Å². The molecule has 106 valence electrons. The fraction of sp³-hybridized carbons (Fsp3) is 0.538. The summed E-state index contributed by atoms with van der Waals surface area (Å²) in [7, 11) is 0. The van der Waals surface area contributed by atoms with Gasteiger partial charge in [0.25, 0.3) is 0 Å². The number of nitrogens with one attached hydrogen (secondary N) is 1. The largest absolute Gasteiger partial charge is 0.353 e. The molecule has 0 aliphatic carbocycles. The molecule has 1 saturated heterocycles. The van der Waals surface area contributed by atoms with E-state index in [4.69, 9.17) is 0 Å². The van der Waals surface area contributed by atoms with Crippen LogP contribution in [-0.2, 0) is 4.79 Å². The maximum atomic E-state index is 11.2. The van der Waals surface area contributed by atoms with Gasteiger partial charge in [-0.15, -0.1) is 0 Å². The third-order valence-electron chi connectivity index (χ3n) is 3.18. The van der Waals surface area contributed by atoms with Crippen LogP contribution in [0.5, 0.6) is 0 Å². The fourth-order valence-electron chi connectivity index (χ4n) is 2.35. The Morgan fingerprint density at radius 3 is 3.10 bits per heavy atom. The molecule has 0 bridgehead atoms. The Morgan fingerprint density at radius 2 is 2.45 bits per heavy atom. The SMILES string of the molecule is CSc1ncc(C#N)c(N2CCCC(NC(C)=O)C2)n1. The molecule has 0 spiro atoms. The van der Waals surface area contributed by atoms with E-state index in [2.05, 4.69) is 26.3 Å². The van der Waals surface area contributed by atoms with Crippen molar-refractivity contribution in [3.63, 3.8) is 0 Å². The van der Waals surface area contributed by atoms with Gasteiger partial charge in [0.2, 0.25) is 5.91 Å².